The molecule has 0 radical (unpaired) electrons. The maximum Gasteiger partial charge on any atom is 0.0880 e. The molecule has 0 saturated heterocycles. The second-order valence-corrected chi connectivity index (χ2v) is 18.0. The molecule has 13 aromatic rings. The van der Waals surface area contributed by atoms with Crippen molar-refractivity contribution in [2.45, 2.75) is 12.8 Å². The number of fused-ring (bicyclic) bond motifs is 15. The van der Waals surface area contributed by atoms with Crippen molar-refractivity contribution in [1.82, 2.24) is 14.1 Å². The van der Waals surface area contributed by atoms with Gasteiger partial charge in [0.05, 0.1) is 32.5 Å². The number of hydrogen-bond acceptors (Lipinski definition) is 2. The number of pyridine rings is 1. The second-order valence-electron chi connectivity index (χ2n) is 17.0. The van der Waals surface area contributed by atoms with Crippen LogP contribution in [-0.4, -0.2) is 14.1 Å². The van der Waals surface area contributed by atoms with E-state index in [1.807, 2.05) is 17.5 Å². The predicted molar refractivity (Wildman–Crippen MR) is 269 cm³/mol. The highest BCUT2D eigenvalue weighted by Crippen LogP contribution is 2.43. The van der Waals surface area contributed by atoms with Crippen LogP contribution in [0.25, 0.3) is 125 Å². The molecule has 0 amide bonds. The molecule has 0 bridgehead atoms. The lowest BCUT2D eigenvalue weighted by Crippen LogP contribution is -1.98. The molecule has 294 valence electrons. The molecular weight excluding hydrogens is 783 g/mol. The Kier molecular flexibility index (Phi) is 7.39. The van der Waals surface area contributed by atoms with Gasteiger partial charge >= 0.3 is 0 Å². The van der Waals surface area contributed by atoms with Crippen LogP contribution in [0.5, 0.6) is 0 Å². The van der Waals surface area contributed by atoms with Crippen LogP contribution >= 0.6 is 11.3 Å². The quantitative estimate of drug-likeness (QED) is 0.162. The first-order valence-corrected chi connectivity index (χ1v) is 22.6. The summed E-state index contributed by atoms with van der Waals surface area (Å²) in [4.78, 5) is 5.06. The number of nitrogens with zero attached hydrogens (tertiary/aromatic N) is 3. The molecule has 1 aliphatic carbocycles. The zero-order valence-corrected chi connectivity index (χ0v) is 35.0. The third-order valence-electron chi connectivity index (χ3n) is 13.6. The van der Waals surface area contributed by atoms with Crippen molar-refractivity contribution in [2.24, 2.45) is 0 Å². The van der Waals surface area contributed by atoms with Gasteiger partial charge in [-0.1, -0.05) is 121 Å². The minimum atomic E-state index is 1.03. The Balaban J connectivity index is 0.890. The summed E-state index contributed by atoms with van der Waals surface area (Å²) >= 11 is 1.84. The topological polar surface area (TPSA) is 22.8 Å². The van der Waals surface area contributed by atoms with Crippen LogP contribution in [0.1, 0.15) is 17.5 Å². The molecule has 0 N–H and O–H groups in total. The third-order valence-corrected chi connectivity index (χ3v) is 14.8. The maximum atomic E-state index is 5.06. The monoisotopic (exact) mass is 819 g/mol. The normalized spacial score (nSPS) is 12.9. The van der Waals surface area contributed by atoms with Gasteiger partial charge in [0.15, 0.2) is 0 Å². The van der Waals surface area contributed by atoms with Gasteiger partial charge in [-0.15, -0.1) is 11.3 Å². The number of allylic oxidation sites excluding steroid dienone is 1. The van der Waals surface area contributed by atoms with Crippen molar-refractivity contribution < 1.29 is 0 Å². The third kappa shape index (κ3) is 5.10. The summed E-state index contributed by atoms with van der Waals surface area (Å²) in [5.41, 5.74) is 14.6. The van der Waals surface area contributed by atoms with E-state index in [1.165, 1.54) is 108 Å². The Morgan fingerprint density at radius 3 is 1.78 bits per heavy atom. The summed E-state index contributed by atoms with van der Waals surface area (Å²) in [7, 11) is 0. The summed E-state index contributed by atoms with van der Waals surface area (Å²) in [6, 6.07) is 67.3. The summed E-state index contributed by atoms with van der Waals surface area (Å²) in [5, 5.41) is 12.9. The molecule has 4 aromatic heterocycles. The lowest BCUT2D eigenvalue weighted by atomic mass is 9.85. The zero-order valence-electron chi connectivity index (χ0n) is 34.2. The van der Waals surface area contributed by atoms with Gasteiger partial charge in [0.1, 0.15) is 0 Å². The molecule has 0 atom stereocenters. The number of aromatic nitrogens is 3. The predicted octanol–water partition coefficient (Wildman–Crippen LogP) is 16.2. The van der Waals surface area contributed by atoms with Gasteiger partial charge in [0.2, 0.25) is 0 Å². The van der Waals surface area contributed by atoms with Gasteiger partial charge in [-0.3, -0.25) is 4.98 Å². The lowest BCUT2D eigenvalue weighted by molar-refractivity contribution is 1.00. The summed E-state index contributed by atoms with van der Waals surface area (Å²) < 4.78 is 7.32. The molecular formula is C59H37N3S. The van der Waals surface area contributed by atoms with Crippen LogP contribution in [0.15, 0.2) is 194 Å². The maximum absolute atomic E-state index is 5.06. The number of benzene rings is 9. The number of rotatable bonds is 4. The van der Waals surface area contributed by atoms with E-state index in [1.54, 1.807) is 0 Å². The average molecular weight is 820 g/mol. The van der Waals surface area contributed by atoms with Crippen LogP contribution in [0.4, 0.5) is 0 Å². The molecule has 0 spiro atoms. The fraction of sp³-hybridized carbons (Fsp3) is 0.0339. The highest BCUT2D eigenvalue weighted by atomic mass is 32.1. The minimum Gasteiger partial charge on any atom is -0.309 e. The van der Waals surface area contributed by atoms with Crippen molar-refractivity contribution in [2.75, 3.05) is 0 Å². The van der Waals surface area contributed by atoms with Crippen LogP contribution in [0.2, 0.25) is 0 Å². The second kappa shape index (κ2) is 13.4. The largest absolute Gasteiger partial charge is 0.309 e. The zero-order chi connectivity index (χ0) is 41.2. The molecule has 0 unspecified atom stereocenters. The Hall–Kier alpha value is -7.79. The molecule has 9 aromatic carbocycles. The highest BCUT2D eigenvalue weighted by Gasteiger charge is 2.20. The Labute approximate surface area is 367 Å². The molecule has 3 nitrogen and oxygen atoms in total. The smallest absolute Gasteiger partial charge is 0.0880 e. The van der Waals surface area contributed by atoms with Gasteiger partial charge in [0.25, 0.3) is 0 Å². The van der Waals surface area contributed by atoms with E-state index in [4.69, 9.17) is 4.98 Å². The Bertz CT molecular complexity index is 4050. The fourth-order valence-corrected chi connectivity index (χ4v) is 12.0. The van der Waals surface area contributed by atoms with Crippen LogP contribution in [0, 0.1) is 0 Å². The molecule has 4 heterocycles. The van der Waals surface area contributed by atoms with Gasteiger partial charge in [0, 0.05) is 60.2 Å². The van der Waals surface area contributed by atoms with Crippen molar-refractivity contribution in [3.8, 4) is 33.8 Å². The number of thiophene rings is 1. The highest BCUT2D eigenvalue weighted by molar-refractivity contribution is 7.26. The first-order chi connectivity index (χ1) is 31.2. The van der Waals surface area contributed by atoms with Crippen molar-refractivity contribution in [3.05, 3.63) is 205 Å². The van der Waals surface area contributed by atoms with E-state index in [0.717, 1.165) is 35.5 Å². The van der Waals surface area contributed by atoms with E-state index < -0.39 is 0 Å². The molecule has 0 aliphatic heterocycles. The number of hydrogen-bond donors (Lipinski definition) is 0. The summed E-state index contributed by atoms with van der Waals surface area (Å²) in [5.74, 6) is 0. The first kappa shape index (κ1) is 34.9. The van der Waals surface area contributed by atoms with Crippen molar-refractivity contribution in [1.29, 1.82) is 0 Å². The van der Waals surface area contributed by atoms with Gasteiger partial charge < -0.3 is 9.13 Å². The van der Waals surface area contributed by atoms with E-state index in [0.29, 0.717) is 0 Å². The Morgan fingerprint density at radius 2 is 1.02 bits per heavy atom. The molecule has 4 heteroatoms. The van der Waals surface area contributed by atoms with Gasteiger partial charge in [-0.25, -0.2) is 0 Å². The van der Waals surface area contributed by atoms with Gasteiger partial charge in [-0.2, -0.15) is 0 Å². The summed E-state index contributed by atoms with van der Waals surface area (Å²) in [6.07, 6.45) is 8.83. The number of para-hydroxylation sites is 3. The molecule has 63 heavy (non-hydrogen) atoms. The van der Waals surface area contributed by atoms with Crippen LogP contribution in [-0.2, 0) is 6.42 Å². The SMILES string of the molecule is C1=Cc2c(c3ccccc3c3ccc(-c4cccc(-c5nccc6c5sc5ccc(-n7c8ccccc8c8cc(-n9c%10ccccc%10c%10ccccc%109)ccc87)cc56)c4)cc23)CC1. The summed E-state index contributed by atoms with van der Waals surface area (Å²) in [6.45, 7) is 0. The number of aryl methyl sites for hydroxylation is 1. The Morgan fingerprint density at radius 1 is 0.413 bits per heavy atom. The first-order valence-electron chi connectivity index (χ1n) is 21.8. The minimum absolute atomic E-state index is 1.03. The van der Waals surface area contributed by atoms with Crippen molar-refractivity contribution >= 4 is 103 Å². The fourth-order valence-electron chi connectivity index (χ4n) is 10.8. The van der Waals surface area contributed by atoms with E-state index in [9.17, 15) is 0 Å². The lowest BCUT2D eigenvalue weighted by Gasteiger charge is -2.18. The average Bonchev–Trinajstić information content (AvgIpc) is 4.01. The molecule has 14 rings (SSSR count). The molecule has 1 aliphatic rings. The standard InChI is InChI=1S/C59H37N3S/c1-2-16-43-41(14-1)42-15-3-4-17-44(42)50-33-37(24-27-45(43)50)36-12-11-13-38(32-36)58-59-49(30-31-60-58)52-35-40(26-29-57(52)63-59)62-55-23-10-7-20-48(55)51-34-39(25-28-56(51)62)61-53-21-8-5-18-46(53)47-19-6-9-22-54(47)61/h1-2,4-14,16-35H,3,15H2. The van der Waals surface area contributed by atoms with E-state index in [2.05, 4.69) is 203 Å². The van der Waals surface area contributed by atoms with E-state index >= 15 is 0 Å². The van der Waals surface area contributed by atoms with Crippen LogP contribution < -0.4 is 0 Å². The molecule has 0 fully saturated rings. The van der Waals surface area contributed by atoms with Crippen molar-refractivity contribution in [3.63, 3.8) is 0 Å². The van der Waals surface area contributed by atoms with Gasteiger partial charge in [-0.05, 0) is 129 Å². The molecule has 0 saturated carbocycles. The van der Waals surface area contributed by atoms with E-state index in [-0.39, 0.29) is 0 Å². The van der Waals surface area contributed by atoms with Crippen LogP contribution in [0.3, 0.4) is 0 Å².